The summed E-state index contributed by atoms with van der Waals surface area (Å²) in [6.45, 7) is 0. The first-order valence-electron chi connectivity index (χ1n) is 3.35. The molecule has 0 aliphatic heterocycles. The second-order valence-electron chi connectivity index (χ2n) is 2.20. The Kier molecular flexibility index (Phi) is 1.39. The van der Waals surface area contributed by atoms with Crippen LogP contribution >= 0.6 is 0 Å². The van der Waals surface area contributed by atoms with Gasteiger partial charge in [0.05, 0.1) is 6.20 Å². The molecule has 0 aliphatic carbocycles. The molecule has 0 radical (unpaired) electrons. The van der Waals surface area contributed by atoms with E-state index in [1.54, 1.807) is 7.05 Å². The highest BCUT2D eigenvalue weighted by atomic mass is 19.1. The molecule has 0 amide bonds. The number of aromatic nitrogens is 4. The zero-order chi connectivity index (χ0) is 8.55. The van der Waals surface area contributed by atoms with E-state index < -0.39 is 5.82 Å². The van der Waals surface area contributed by atoms with Crippen molar-refractivity contribution in [2.24, 2.45) is 0 Å². The summed E-state index contributed by atoms with van der Waals surface area (Å²) < 4.78 is 14.4. The minimum Gasteiger partial charge on any atom is -0.358 e. The Balaban J connectivity index is 2.82. The molecule has 0 fully saturated rings. The monoisotopic (exact) mass is 167 g/mol. The standard InChI is InChI=1S/C6H6FN5/c1-8-6-9-2-4(7)5-11-10-3-12(5)6/h2-3H,1H3,(H,8,9). The minimum atomic E-state index is -0.480. The molecule has 0 aromatic carbocycles. The fourth-order valence-electron chi connectivity index (χ4n) is 0.976. The lowest BCUT2D eigenvalue weighted by molar-refractivity contribution is 0.622. The van der Waals surface area contributed by atoms with E-state index >= 15 is 0 Å². The van der Waals surface area contributed by atoms with Crippen molar-refractivity contribution >= 4 is 11.6 Å². The van der Waals surface area contributed by atoms with Gasteiger partial charge in [-0.1, -0.05) is 0 Å². The lowest BCUT2D eigenvalue weighted by Crippen LogP contribution is -2.01. The van der Waals surface area contributed by atoms with Gasteiger partial charge in [0.1, 0.15) is 6.33 Å². The molecule has 0 saturated heterocycles. The second kappa shape index (κ2) is 2.40. The Morgan fingerprint density at radius 1 is 1.58 bits per heavy atom. The van der Waals surface area contributed by atoms with Crippen molar-refractivity contribution in [1.82, 2.24) is 19.6 Å². The van der Waals surface area contributed by atoms with Crippen LogP contribution in [0.3, 0.4) is 0 Å². The average molecular weight is 167 g/mol. The van der Waals surface area contributed by atoms with Crippen LogP contribution < -0.4 is 5.32 Å². The van der Waals surface area contributed by atoms with Gasteiger partial charge in [-0.3, -0.25) is 0 Å². The molecule has 0 bridgehead atoms. The van der Waals surface area contributed by atoms with Crippen molar-refractivity contribution in [2.45, 2.75) is 0 Å². The topological polar surface area (TPSA) is 55.1 Å². The molecule has 0 spiro atoms. The van der Waals surface area contributed by atoms with E-state index in [2.05, 4.69) is 20.5 Å². The largest absolute Gasteiger partial charge is 0.358 e. The van der Waals surface area contributed by atoms with Crippen LogP contribution in [0.25, 0.3) is 5.65 Å². The molecule has 5 nitrogen and oxygen atoms in total. The van der Waals surface area contributed by atoms with Crippen LogP contribution in [0.1, 0.15) is 0 Å². The summed E-state index contributed by atoms with van der Waals surface area (Å²) in [5.41, 5.74) is 0.175. The fourth-order valence-corrected chi connectivity index (χ4v) is 0.976. The molecular weight excluding hydrogens is 161 g/mol. The molecule has 2 aromatic heterocycles. The SMILES string of the molecule is CNc1ncc(F)c2nncn12. The van der Waals surface area contributed by atoms with Gasteiger partial charge in [-0.2, -0.15) is 0 Å². The molecule has 0 unspecified atom stereocenters. The number of hydrogen-bond acceptors (Lipinski definition) is 4. The van der Waals surface area contributed by atoms with Gasteiger partial charge in [0.25, 0.3) is 0 Å². The molecule has 2 rings (SSSR count). The predicted octanol–water partition coefficient (Wildman–Crippen LogP) is 0.305. The summed E-state index contributed by atoms with van der Waals surface area (Å²) in [4.78, 5) is 3.79. The normalized spacial score (nSPS) is 10.5. The molecule has 0 atom stereocenters. The van der Waals surface area contributed by atoms with Gasteiger partial charge in [0.15, 0.2) is 5.82 Å². The second-order valence-corrected chi connectivity index (χ2v) is 2.20. The van der Waals surface area contributed by atoms with Crippen molar-refractivity contribution in [3.63, 3.8) is 0 Å². The Labute approximate surface area is 67.3 Å². The van der Waals surface area contributed by atoms with Crippen LogP contribution in [-0.4, -0.2) is 26.6 Å². The lowest BCUT2D eigenvalue weighted by Gasteiger charge is -2.00. The van der Waals surface area contributed by atoms with E-state index in [9.17, 15) is 4.39 Å². The van der Waals surface area contributed by atoms with Crippen LogP contribution in [0.2, 0.25) is 0 Å². The predicted molar refractivity (Wildman–Crippen MR) is 40.3 cm³/mol. The van der Waals surface area contributed by atoms with E-state index in [-0.39, 0.29) is 5.65 Å². The van der Waals surface area contributed by atoms with Crippen LogP contribution in [0, 0.1) is 5.82 Å². The van der Waals surface area contributed by atoms with E-state index in [4.69, 9.17) is 0 Å². The third-order valence-corrected chi connectivity index (χ3v) is 1.51. The van der Waals surface area contributed by atoms with Crippen molar-refractivity contribution in [3.05, 3.63) is 18.3 Å². The molecule has 12 heavy (non-hydrogen) atoms. The number of fused-ring (bicyclic) bond motifs is 1. The van der Waals surface area contributed by atoms with Gasteiger partial charge in [-0.05, 0) is 0 Å². The summed E-state index contributed by atoms with van der Waals surface area (Å²) in [5, 5.41) is 9.94. The third-order valence-electron chi connectivity index (χ3n) is 1.51. The number of anilines is 1. The third kappa shape index (κ3) is 0.810. The lowest BCUT2D eigenvalue weighted by atomic mass is 10.6. The molecule has 62 valence electrons. The Hall–Kier alpha value is -1.72. The molecule has 0 saturated carbocycles. The van der Waals surface area contributed by atoms with Crippen molar-refractivity contribution in [3.8, 4) is 0 Å². The molecular formula is C6H6FN5. The molecule has 0 aliphatic rings. The highest BCUT2D eigenvalue weighted by Gasteiger charge is 2.06. The highest BCUT2D eigenvalue weighted by Crippen LogP contribution is 2.08. The van der Waals surface area contributed by atoms with Crippen LogP contribution in [-0.2, 0) is 0 Å². The van der Waals surface area contributed by atoms with Gasteiger partial charge >= 0.3 is 0 Å². The Bertz CT molecular complexity index is 409. The maximum absolute atomic E-state index is 12.9. The van der Waals surface area contributed by atoms with E-state index in [1.807, 2.05) is 0 Å². The van der Waals surface area contributed by atoms with Crippen LogP contribution in [0.4, 0.5) is 10.3 Å². The van der Waals surface area contributed by atoms with Gasteiger partial charge in [0.2, 0.25) is 11.6 Å². The first-order valence-corrected chi connectivity index (χ1v) is 3.35. The van der Waals surface area contributed by atoms with Crippen LogP contribution in [0.15, 0.2) is 12.5 Å². The van der Waals surface area contributed by atoms with Crippen LogP contribution in [0.5, 0.6) is 0 Å². The number of halogens is 1. The van der Waals surface area contributed by atoms with E-state index in [0.717, 1.165) is 6.20 Å². The van der Waals surface area contributed by atoms with Crippen molar-refractivity contribution in [2.75, 3.05) is 12.4 Å². The zero-order valence-electron chi connectivity index (χ0n) is 6.32. The number of nitrogens with one attached hydrogen (secondary N) is 1. The van der Waals surface area contributed by atoms with Gasteiger partial charge in [0, 0.05) is 7.05 Å². The number of rotatable bonds is 1. The fraction of sp³-hybridized carbons (Fsp3) is 0.167. The minimum absolute atomic E-state index is 0.175. The quantitative estimate of drug-likeness (QED) is 0.663. The maximum atomic E-state index is 12.9. The molecule has 2 aromatic rings. The van der Waals surface area contributed by atoms with Crippen molar-refractivity contribution in [1.29, 1.82) is 0 Å². The van der Waals surface area contributed by atoms with E-state index in [0.29, 0.717) is 5.95 Å². The summed E-state index contributed by atoms with van der Waals surface area (Å²) in [6, 6.07) is 0. The maximum Gasteiger partial charge on any atom is 0.209 e. The van der Waals surface area contributed by atoms with Gasteiger partial charge < -0.3 is 5.32 Å². The summed E-state index contributed by atoms with van der Waals surface area (Å²) >= 11 is 0. The van der Waals surface area contributed by atoms with Crippen molar-refractivity contribution < 1.29 is 4.39 Å². The smallest absolute Gasteiger partial charge is 0.209 e. The first-order chi connectivity index (χ1) is 5.83. The first kappa shape index (κ1) is 6.96. The zero-order valence-corrected chi connectivity index (χ0v) is 6.32. The summed E-state index contributed by atoms with van der Waals surface area (Å²) in [5.74, 6) is 0.0305. The molecule has 6 heteroatoms. The summed E-state index contributed by atoms with van der Waals surface area (Å²) in [6.07, 6.45) is 2.51. The number of nitrogens with zero attached hydrogens (tertiary/aromatic N) is 4. The highest BCUT2D eigenvalue weighted by molar-refractivity contribution is 5.44. The number of hydrogen-bond donors (Lipinski definition) is 1. The van der Waals surface area contributed by atoms with E-state index in [1.165, 1.54) is 10.7 Å². The van der Waals surface area contributed by atoms with Gasteiger partial charge in [-0.25, -0.2) is 13.8 Å². The Morgan fingerprint density at radius 3 is 3.17 bits per heavy atom. The average Bonchev–Trinajstić information content (AvgIpc) is 2.54. The molecule has 2 heterocycles. The molecule has 1 N–H and O–H groups in total. The Morgan fingerprint density at radius 2 is 2.42 bits per heavy atom. The summed E-state index contributed by atoms with van der Waals surface area (Å²) in [7, 11) is 1.69. The van der Waals surface area contributed by atoms with Gasteiger partial charge in [-0.15, -0.1) is 10.2 Å².